The molecule has 0 spiro atoms. The molecule has 0 radical (unpaired) electrons. The normalized spacial score (nSPS) is 24.4. The molecule has 0 bridgehead atoms. The van der Waals surface area contributed by atoms with E-state index < -0.39 is 5.60 Å². The Morgan fingerprint density at radius 3 is 2.67 bits per heavy atom. The standard InChI is InChI=1S/C17H25NO3/c1-13-11-18(16(2,3)12-21-13)15(19)10-17(4,20)14-8-6-5-7-9-14/h5-9,13,20H,10-12H2,1-4H3. The molecule has 4 nitrogen and oxygen atoms in total. The van der Waals surface area contributed by atoms with Gasteiger partial charge in [0.15, 0.2) is 0 Å². The van der Waals surface area contributed by atoms with Gasteiger partial charge in [-0.05, 0) is 33.3 Å². The number of aliphatic hydroxyl groups is 1. The Morgan fingerprint density at radius 2 is 2.05 bits per heavy atom. The van der Waals surface area contributed by atoms with E-state index in [1.54, 1.807) is 6.92 Å². The second-order valence-corrected chi connectivity index (χ2v) is 6.76. The third-order valence-electron chi connectivity index (χ3n) is 4.08. The number of ether oxygens (including phenoxy) is 1. The molecule has 2 atom stereocenters. The summed E-state index contributed by atoms with van der Waals surface area (Å²) in [5.74, 6) is -0.0380. The molecule has 4 heteroatoms. The van der Waals surface area contributed by atoms with Crippen LogP contribution in [0.1, 0.15) is 39.7 Å². The van der Waals surface area contributed by atoms with Gasteiger partial charge in [0.25, 0.3) is 0 Å². The van der Waals surface area contributed by atoms with Crippen LogP contribution in [-0.2, 0) is 15.1 Å². The maximum Gasteiger partial charge on any atom is 0.226 e. The molecule has 1 heterocycles. The highest BCUT2D eigenvalue weighted by atomic mass is 16.5. The number of amides is 1. The number of nitrogens with zero attached hydrogens (tertiary/aromatic N) is 1. The zero-order valence-corrected chi connectivity index (χ0v) is 13.3. The van der Waals surface area contributed by atoms with Gasteiger partial charge in [-0.1, -0.05) is 30.3 Å². The number of morpholine rings is 1. The van der Waals surface area contributed by atoms with Crippen LogP contribution in [0.2, 0.25) is 0 Å². The molecule has 1 aromatic rings. The number of hydrogen-bond acceptors (Lipinski definition) is 3. The van der Waals surface area contributed by atoms with Crippen LogP contribution in [-0.4, -0.2) is 40.7 Å². The first-order chi connectivity index (χ1) is 9.72. The van der Waals surface area contributed by atoms with Crippen LogP contribution in [0.5, 0.6) is 0 Å². The molecule has 2 rings (SSSR count). The number of hydrogen-bond donors (Lipinski definition) is 1. The van der Waals surface area contributed by atoms with Gasteiger partial charge in [-0.25, -0.2) is 0 Å². The molecule has 2 unspecified atom stereocenters. The van der Waals surface area contributed by atoms with Crippen molar-refractivity contribution < 1.29 is 14.6 Å². The minimum atomic E-state index is -1.16. The van der Waals surface area contributed by atoms with E-state index in [4.69, 9.17) is 4.74 Å². The maximum absolute atomic E-state index is 12.7. The van der Waals surface area contributed by atoms with Crippen LogP contribution in [0, 0.1) is 0 Å². The Labute approximate surface area is 126 Å². The minimum absolute atomic E-state index is 0.0312. The molecule has 1 aromatic carbocycles. The van der Waals surface area contributed by atoms with Crippen LogP contribution in [0.15, 0.2) is 30.3 Å². The molecule has 1 N–H and O–H groups in total. The molecule has 0 aliphatic carbocycles. The molecule has 1 aliphatic heterocycles. The summed E-state index contributed by atoms with van der Waals surface area (Å²) in [5, 5.41) is 10.6. The summed E-state index contributed by atoms with van der Waals surface area (Å²) in [7, 11) is 0. The van der Waals surface area contributed by atoms with Crippen molar-refractivity contribution in [3.63, 3.8) is 0 Å². The summed E-state index contributed by atoms with van der Waals surface area (Å²) >= 11 is 0. The summed E-state index contributed by atoms with van der Waals surface area (Å²) < 4.78 is 5.63. The average molecular weight is 291 g/mol. The maximum atomic E-state index is 12.7. The van der Waals surface area contributed by atoms with Gasteiger partial charge in [-0.2, -0.15) is 0 Å². The lowest BCUT2D eigenvalue weighted by Gasteiger charge is -2.45. The highest BCUT2D eigenvalue weighted by Gasteiger charge is 2.39. The van der Waals surface area contributed by atoms with Crippen molar-refractivity contribution in [2.75, 3.05) is 13.2 Å². The Balaban J connectivity index is 2.13. The molecule has 1 aliphatic rings. The topological polar surface area (TPSA) is 49.8 Å². The number of rotatable bonds is 3. The Morgan fingerprint density at radius 1 is 1.43 bits per heavy atom. The zero-order chi connectivity index (χ0) is 15.7. The summed E-state index contributed by atoms with van der Waals surface area (Å²) in [6, 6.07) is 9.33. The number of benzene rings is 1. The van der Waals surface area contributed by atoms with E-state index in [0.717, 1.165) is 5.56 Å². The molecule has 116 valence electrons. The average Bonchev–Trinajstić information content (AvgIpc) is 2.42. The van der Waals surface area contributed by atoms with Gasteiger partial charge in [-0.3, -0.25) is 4.79 Å². The second-order valence-electron chi connectivity index (χ2n) is 6.76. The van der Waals surface area contributed by atoms with Gasteiger partial charge < -0.3 is 14.7 Å². The van der Waals surface area contributed by atoms with Crippen molar-refractivity contribution in [2.24, 2.45) is 0 Å². The number of carbonyl (C=O) groups excluding carboxylic acids is 1. The van der Waals surface area contributed by atoms with Gasteiger partial charge in [0.1, 0.15) is 0 Å². The SMILES string of the molecule is CC1CN(C(=O)CC(C)(O)c2ccccc2)C(C)(C)CO1. The molecule has 0 saturated carbocycles. The zero-order valence-electron chi connectivity index (χ0n) is 13.3. The molecular weight excluding hydrogens is 266 g/mol. The van der Waals surface area contributed by atoms with Crippen molar-refractivity contribution in [3.05, 3.63) is 35.9 Å². The van der Waals surface area contributed by atoms with Crippen molar-refractivity contribution in [1.82, 2.24) is 4.90 Å². The van der Waals surface area contributed by atoms with Gasteiger partial charge in [0, 0.05) is 6.54 Å². The van der Waals surface area contributed by atoms with E-state index >= 15 is 0 Å². The van der Waals surface area contributed by atoms with E-state index in [-0.39, 0.29) is 24.0 Å². The molecule has 21 heavy (non-hydrogen) atoms. The summed E-state index contributed by atoms with van der Waals surface area (Å²) in [6.45, 7) is 8.73. The van der Waals surface area contributed by atoms with Crippen molar-refractivity contribution in [3.8, 4) is 0 Å². The lowest BCUT2D eigenvalue weighted by atomic mass is 9.90. The Kier molecular flexibility index (Phi) is 4.40. The van der Waals surface area contributed by atoms with E-state index in [1.807, 2.05) is 56.0 Å². The lowest BCUT2D eigenvalue weighted by Crippen LogP contribution is -2.58. The van der Waals surface area contributed by atoms with Gasteiger partial charge >= 0.3 is 0 Å². The highest BCUT2D eigenvalue weighted by molar-refractivity contribution is 5.78. The first kappa shape index (κ1) is 16.0. The second kappa shape index (κ2) is 5.78. The van der Waals surface area contributed by atoms with Crippen LogP contribution < -0.4 is 0 Å². The quantitative estimate of drug-likeness (QED) is 0.929. The first-order valence-electron chi connectivity index (χ1n) is 7.42. The van der Waals surface area contributed by atoms with E-state index in [9.17, 15) is 9.90 Å². The highest BCUT2D eigenvalue weighted by Crippen LogP contribution is 2.29. The fraction of sp³-hybridized carbons (Fsp3) is 0.588. The van der Waals surface area contributed by atoms with Crippen LogP contribution in [0.3, 0.4) is 0 Å². The Hall–Kier alpha value is -1.39. The molecule has 1 fully saturated rings. The summed E-state index contributed by atoms with van der Waals surface area (Å²) in [5.41, 5.74) is -0.732. The summed E-state index contributed by atoms with van der Waals surface area (Å²) in [6.07, 6.45) is 0.108. The molecule has 0 aromatic heterocycles. The van der Waals surface area contributed by atoms with E-state index in [2.05, 4.69) is 0 Å². The monoisotopic (exact) mass is 291 g/mol. The van der Waals surface area contributed by atoms with E-state index in [1.165, 1.54) is 0 Å². The smallest absolute Gasteiger partial charge is 0.226 e. The number of carbonyl (C=O) groups is 1. The molecule has 1 saturated heterocycles. The van der Waals surface area contributed by atoms with Crippen molar-refractivity contribution in [2.45, 2.75) is 51.4 Å². The van der Waals surface area contributed by atoms with Crippen molar-refractivity contribution >= 4 is 5.91 Å². The predicted octanol–water partition coefficient (Wildman–Crippen LogP) is 2.31. The fourth-order valence-electron chi connectivity index (χ4n) is 2.71. The van der Waals surface area contributed by atoms with Crippen LogP contribution in [0.4, 0.5) is 0 Å². The minimum Gasteiger partial charge on any atom is -0.385 e. The van der Waals surface area contributed by atoms with Crippen LogP contribution in [0.25, 0.3) is 0 Å². The molecule has 1 amide bonds. The van der Waals surface area contributed by atoms with Gasteiger partial charge in [0.2, 0.25) is 5.91 Å². The van der Waals surface area contributed by atoms with Gasteiger partial charge in [0.05, 0.1) is 30.3 Å². The third-order valence-corrected chi connectivity index (χ3v) is 4.08. The predicted molar refractivity (Wildman–Crippen MR) is 81.8 cm³/mol. The van der Waals surface area contributed by atoms with Crippen LogP contribution >= 0.6 is 0 Å². The fourth-order valence-corrected chi connectivity index (χ4v) is 2.71. The lowest BCUT2D eigenvalue weighted by molar-refractivity contribution is -0.157. The summed E-state index contributed by atoms with van der Waals surface area (Å²) in [4.78, 5) is 14.5. The van der Waals surface area contributed by atoms with Crippen molar-refractivity contribution in [1.29, 1.82) is 0 Å². The Bertz CT molecular complexity index is 496. The largest absolute Gasteiger partial charge is 0.385 e. The van der Waals surface area contributed by atoms with Gasteiger partial charge in [-0.15, -0.1) is 0 Å². The van der Waals surface area contributed by atoms with E-state index in [0.29, 0.717) is 13.2 Å². The first-order valence-corrected chi connectivity index (χ1v) is 7.42. The third kappa shape index (κ3) is 3.63. The molecular formula is C17H25NO3.